The van der Waals surface area contributed by atoms with E-state index < -0.39 is 0 Å². The number of carbonyl (C=O) groups is 2. The highest BCUT2D eigenvalue weighted by Gasteiger charge is 2.23. The summed E-state index contributed by atoms with van der Waals surface area (Å²) in [6.07, 6.45) is 2.04. The number of benzene rings is 1. The molecule has 3 N–H and O–H groups in total. The van der Waals surface area contributed by atoms with Gasteiger partial charge in [-0.2, -0.15) is 0 Å². The molecule has 1 aliphatic rings. The third-order valence-corrected chi connectivity index (χ3v) is 4.17. The van der Waals surface area contributed by atoms with Gasteiger partial charge in [-0.3, -0.25) is 9.59 Å². The van der Waals surface area contributed by atoms with E-state index in [4.69, 9.17) is 4.74 Å². The lowest BCUT2D eigenvalue weighted by Gasteiger charge is -2.05. The molecule has 8 heteroatoms. The van der Waals surface area contributed by atoms with Crippen molar-refractivity contribution in [3.8, 4) is 5.75 Å². The Kier molecular flexibility index (Phi) is 4.95. The number of nitrogens with zero attached hydrogens (tertiary/aromatic N) is 1. The molecule has 3 rings (SSSR count). The Morgan fingerprint density at radius 3 is 2.96 bits per heavy atom. The van der Waals surface area contributed by atoms with Crippen LogP contribution in [0.5, 0.6) is 5.75 Å². The average molecular weight is 346 g/mol. The van der Waals surface area contributed by atoms with Crippen molar-refractivity contribution in [2.24, 2.45) is 0 Å². The van der Waals surface area contributed by atoms with Gasteiger partial charge in [-0.1, -0.05) is 6.07 Å². The van der Waals surface area contributed by atoms with Gasteiger partial charge in [0.05, 0.1) is 13.7 Å². The first kappa shape index (κ1) is 16.3. The molecule has 0 radical (unpaired) electrons. The van der Waals surface area contributed by atoms with Gasteiger partial charge in [0.15, 0.2) is 5.13 Å². The van der Waals surface area contributed by atoms with Gasteiger partial charge in [-0.05, 0) is 25.0 Å². The van der Waals surface area contributed by atoms with Crippen LogP contribution in [0.2, 0.25) is 0 Å². The molecule has 2 aromatic rings. The maximum atomic E-state index is 12.0. The van der Waals surface area contributed by atoms with Crippen LogP contribution in [0, 0.1) is 0 Å². The topological polar surface area (TPSA) is 92.3 Å². The smallest absolute Gasteiger partial charge is 0.271 e. The number of thiazole rings is 1. The summed E-state index contributed by atoms with van der Waals surface area (Å²) >= 11 is 1.32. The highest BCUT2D eigenvalue weighted by Crippen LogP contribution is 2.23. The van der Waals surface area contributed by atoms with Crippen LogP contribution in [0.25, 0.3) is 0 Å². The van der Waals surface area contributed by atoms with Gasteiger partial charge in [0, 0.05) is 23.2 Å². The van der Waals surface area contributed by atoms with Crippen molar-refractivity contribution >= 4 is 34.0 Å². The quantitative estimate of drug-likeness (QED) is 0.712. The molecule has 1 fully saturated rings. The molecule has 0 atom stereocenters. The largest absolute Gasteiger partial charge is 0.497 e. The van der Waals surface area contributed by atoms with Gasteiger partial charge >= 0.3 is 0 Å². The van der Waals surface area contributed by atoms with Gasteiger partial charge in [0.2, 0.25) is 5.91 Å². The SMILES string of the molecule is COc1cccc(Nc2nc(C(=O)NCC(=O)NC3CC3)cs2)c1. The van der Waals surface area contributed by atoms with E-state index in [0.29, 0.717) is 5.13 Å². The second-order valence-corrected chi connectivity index (χ2v) is 6.28. The summed E-state index contributed by atoms with van der Waals surface area (Å²) in [6, 6.07) is 7.71. The van der Waals surface area contributed by atoms with Crippen LogP contribution in [0.3, 0.4) is 0 Å². The molecule has 0 saturated heterocycles. The Hall–Kier alpha value is -2.61. The highest BCUT2D eigenvalue weighted by atomic mass is 32.1. The van der Waals surface area contributed by atoms with Crippen LogP contribution in [0.1, 0.15) is 23.3 Å². The highest BCUT2D eigenvalue weighted by molar-refractivity contribution is 7.14. The zero-order valence-corrected chi connectivity index (χ0v) is 14.0. The predicted octanol–water partition coefficient (Wildman–Crippen LogP) is 1.90. The maximum absolute atomic E-state index is 12.0. The Morgan fingerprint density at radius 2 is 2.21 bits per heavy atom. The Balaban J connectivity index is 1.53. The van der Waals surface area contributed by atoms with Crippen molar-refractivity contribution in [1.82, 2.24) is 15.6 Å². The summed E-state index contributed by atoms with van der Waals surface area (Å²) in [6.45, 7) is -0.0362. The van der Waals surface area contributed by atoms with E-state index in [9.17, 15) is 9.59 Å². The van der Waals surface area contributed by atoms with E-state index in [-0.39, 0.29) is 30.1 Å². The van der Waals surface area contributed by atoms with Crippen molar-refractivity contribution in [2.45, 2.75) is 18.9 Å². The Morgan fingerprint density at radius 1 is 1.38 bits per heavy atom. The van der Waals surface area contributed by atoms with Crippen molar-refractivity contribution in [3.63, 3.8) is 0 Å². The molecule has 0 spiro atoms. The minimum atomic E-state index is -0.365. The third-order valence-electron chi connectivity index (χ3n) is 3.41. The van der Waals surface area contributed by atoms with Crippen LogP contribution in [-0.2, 0) is 4.79 Å². The lowest BCUT2D eigenvalue weighted by atomic mass is 10.3. The number of carbonyl (C=O) groups excluding carboxylic acids is 2. The van der Waals surface area contributed by atoms with Crippen molar-refractivity contribution in [2.75, 3.05) is 19.0 Å². The fraction of sp³-hybridized carbons (Fsp3) is 0.312. The van der Waals surface area contributed by atoms with Gasteiger partial charge in [-0.15, -0.1) is 11.3 Å². The molecule has 7 nitrogen and oxygen atoms in total. The first-order chi connectivity index (χ1) is 11.6. The molecule has 1 aromatic carbocycles. The van der Waals surface area contributed by atoms with Gasteiger partial charge < -0.3 is 20.7 Å². The van der Waals surface area contributed by atoms with Gasteiger partial charge in [0.25, 0.3) is 5.91 Å². The molecule has 24 heavy (non-hydrogen) atoms. The van der Waals surface area contributed by atoms with Crippen molar-refractivity contribution < 1.29 is 14.3 Å². The molecule has 0 unspecified atom stereocenters. The molecule has 2 amide bonds. The number of anilines is 2. The van der Waals surface area contributed by atoms with Crippen molar-refractivity contribution in [3.05, 3.63) is 35.3 Å². The number of rotatable bonds is 7. The number of nitrogens with one attached hydrogen (secondary N) is 3. The minimum absolute atomic E-state index is 0.0362. The van der Waals surface area contributed by atoms with Crippen LogP contribution in [0.4, 0.5) is 10.8 Å². The first-order valence-corrected chi connectivity index (χ1v) is 8.46. The number of amides is 2. The van der Waals surface area contributed by atoms with E-state index in [0.717, 1.165) is 24.3 Å². The number of hydrogen-bond acceptors (Lipinski definition) is 6. The predicted molar refractivity (Wildman–Crippen MR) is 91.9 cm³/mol. The molecule has 1 heterocycles. The monoisotopic (exact) mass is 346 g/mol. The van der Waals surface area contributed by atoms with E-state index in [1.54, 1.807) is 12.5 Å². The summed E-state index contributed by atoms with van der Waals surface area (Å²) < 4.78 is 5.16. The zero-order valence-electron chi connectivity index (χ0n) is 13.2. The lowest BCUT2D eigenvalue weighted by Crippen LogP contribution is -2.37. The summed E-state index contributed by atoms with van der Waals surface area (Å²) in [5, 5.41) is 10.8. The van der Waals surface area contributed by atoms with Crippen molar-refractivity contribution in [1.29, 1.82) is 0 Å². The number of hydrogen-bond donors (Lipinski definition) is 3. The molecule has 0 bridgehead atoms. The van der Waals surface area contributed by atoms with E-state index >= 15 is 0 Å². The molecule has 126 valence electrons. The molecule has 0 aliphatic heterocycles. The molecular formula is C16H18N4O3S. The first-order valence-electron chi connectivity index (χ1n) is 7.58. The molecule has 1 aliphatic carbocycles. The fourth-order valence-electron chi connectivity index (χ4n) is 2.02. The second kappa shape index (κ2) is 7.31. The van der Waals surface area contributed by atoms with Gasteiger partial charge in [-0.25, -0.2) is 4.98 Å². The second-order valence-electron chi connectivity index (χ2n) is 5.42. The lowest BCUT2D eigenvalue weighted by molar-refractivity contribution is -0.120. The van der Waals surface area contributed by atoms with Crippen LogP contribution < -0.4 is 20.7 Å². The summed E-state index contributed by atoms with van der Waals surface area (Å²) in [7, 11) is 1.60. The summed E-state index contributed by atoms with van der Waals surface area (Å²) in [5.41, 5.74) is 1.10. The number of aromatic nitrogens is 1. The van der Waals surface area contributed by atoms with E-state index in [1.807, 2.05) is 24.3 Å². The fourth-order valence-corrected chi connectivity index (χ4v) is 2.73. The number of ether oxygens (including phenoxy) is 1. The number of methoxy groups -OCH3 is 1. The van der Waals surface area contributed by atoms with E-state index in [2.05, 4.69) is 20.9 Å². The Labute approximate surface area is 143 Å². The average Bonchev–Trinajstić information content (AvgIpc) is 3.28. The van der Waals surface area contributed by atoms with E-state index in [1.165, 1.54) is 11.3 Å². The Bertz CT molecular complexity index is 742. The summed E-state index contributed by atoms with van der Waals surface area (Å²) in [5.74, 6) is 0.197. The molecule has 1 saturated carbocycles. The van der Waals surface area contributed by atoms with Crippen LogP contribution >= 0.6 is 11.3 Å². The molecular weight excluding hydrogens is 328 g/mol. The maximum Gasteiger partial charge on any atom is 0.271 e. The molecule has 1 aromatic heterocycles. The summed E-state index contributed by atoms with van der Waals surface area (Å²) in [4.78, 5) is 27.8. The standard InChI is InChI=1S/C16H18N4O3S/c1-23-12-4-2-3-11(7-12)19-16-20-13(9-24-16)15(22)17-8-14(21)18-10-5-6-10/h2-4,7,9-10H,5-6,8H2,1H3,(H,17,22)(H,18,21)(H,19,20). The zero-order chi connectivity index (χ0) is 16.9. The third kappa shape index (κ3) is 4.45. The normalized spacial score (nSPS) is 13.2. The van der Waals surface area contributed by atoms with Crippen LogP contribution in [0.15, 0.2) is 29.6 Å². The van der Waals surface area contributed by atoms with Gasteiger partial charge in [0.1, 0.15) is 11.4 Å². The minimum Gasteiger partial charge on any atom is -0.497 e. The van der Waals surface area contributed by atoms with Crippen LogP contribution in [-0.4, -0.2) is 36.5 Å².